The molecule has 4 rings (SSSR count). The first-order valence-electron chi connectivity index (χ1n) is 15.0. The fourth-order valence-corrected chi connectivity index (χ4v) is 6.67. The summed E-state index contributed by atoms with van der Waals surface area (Å²) in [5.41, 5.74) is 10.1. The number of nitrogens with zero attached hydrogens (tertiary/aromatic N) is 4. The van der Waals surface area contributed by atoms with Gasteiger partial charge in [-0.25, -0.2) is 26.7 Å². The zero-order valence-electron chi connectivity index (χ0n) is 25.7. The van der Waals surface area contributed by atoms with Gasteiger partial charge in [0.1, 0.15) is 24.3 Å². The molecule has 17 heteroatoms. The van der Waals surface area contributed by atoms with Gasteiger partial charge in [-0.05, 0) is 73.5 Å². The lowest BCUT2D eigenvalue weighted by Crippen LogP contribution is -2.42. The van der Waals surface area contributed by atoms with Crippen molar-refractivity contribution in [2.75, 3.05) is 18.5 Å². The number of hydrogen-bond donors (Lipinski definition) is 4. The van der Waals surface area contributed by atoms with Crippen LogP contribution in [0.2, 0.25) is 5.02 Å². The van der Waals surface area contributed by atoms with Crippen molar-refractivity contribution in [3.8, 4) is 0 Å². The molecule has 4 atom stereocenters. The molecule has 0 radical (unpaired) electrons. The van der Waals surface area contributed by atoms with E-state index in [0.717, 1.165) is 6.20 Å². The number of aliphatic hydroxyl groups is 1. The third-order valence-electron chi connectivity index (χ3n) is 7.45. The molecule has 256 valence electrons. The number of azide groups is 1. The van der Waals surface area contributed by atoms with Crippen molar-refractivity contribution in [3.05, 3.63) is 105 Å². The van der Waals surface area contributed by atoms with Crippen molar-refractivity contribution in [2.24, 2.45) is 5.11 Å². The number of hydrogen-bond acceptors (Lipinski definition) is 8. The predicted molar refractivity (Wildman–Crippen MR) is 174 cm³/mol. The fourth-order valence-electron chi connectivity index (χ4n) is 4.94. The monoisotopic (exact) mass is 705 g/mol. The number of alkyl carbamates (subject to hydrolysis) is 1. The maximum atomic E-state index is 15.2. The average molecular weight is 706 g/mol. The van der Waals surface area contributed by atoms with Gasteiger partial charge in [0, 0.05) is 28.0 Å². The van der Waals surface area contributed by atoms with Gasteiger partial charge in [-0.15, -0.1) is 0 Å². The van der Waals surface area contributed by atoms with Crippen molar-refractivity contribution in [1.29, 1.82) is 0 Å². The summed E-state index contributed by atoms with van der Waals surface area (Å²) in [5, 5.41) is 17.9. The van der Waals surface area contributed by atoms with Crippen molar-refractivity contribution < 1.29 is 36.6 Å². The van der Waals surface area contributed by atoms with Gasteiger partial charge in [0.2, 0.25) is 15.9 Å². The Morgan fingerprint density at radius 1 is 1.17 bits per heavy atom. The molecule has 2 amide bonds. The minimum Gasteiger partial charge on any atom is -0.448 e. The van der Waals surface area contributed by atoms with Gasteiger partial charge >= 0.3 is 6.09 Å². The Balaban J connectivity index is 1.58. The van der Waals surface area contributed by atoms with Crippen LogP contribution < -0.4 is 15.4 Å². The number of halogens is 3. The molecule has 1 aromatic heterocycles. The van der Waals surface area contributed by atoms with Crippen LogP contribution in [0.3, 0.4) is 0 Å². The molecule has 1 heterocycles. The fraction of sp³-hybridized carbons (Fsp3) is 0.387. The van der Waals surface area contributed by atoms with Crippen LogP contribution in [0.1, 0.15) is 48.8 Å². The van der Waals surface area contributed by atoms with E-state index in [1.807, 2.05) is 0 Å². The summed E-state index contributed by atoms with van der Waals surface area (Å²) in [6.45, 7) is 0.972. The van der Waals surface area contributed by atoms with E-state index in [9.17, 15) is 33.0 Å². The molecule has 0 bridgehead atoms. The first-order valence-corrected chi connectivity index (χ1v) is 16.9. The highest BCUT2D eigenvalue weighted by Crippen LogP contribution is 2.33. The maximum absolute atomic E-state index is 15.2. The van der Waals surface area contributed by atoms with Crippen LogP contribution in [0.15, 0.2) is 66.0 Å². The van der Waals surface area contributed by atoms with Crippen LogP contribution in [0.25, 0.3) is 10.4 Å². The molecule has 1 saturated carbocycles. The minimum atomic E-state index is -3.75. The molecule has 13 nitrogen and oxygen atoms in total. The van der Waals surface area contributed by atoms with Gasteiger partial charge in [-0.3, -0.25) is 9.78 Å². The highest BCUT2D eigenvalue weighted by Gasteiger charge is 2.37. The minimum absolute atomic E-state index is 0.0407. The molecule has 3 aromatic rings. The van der Waals surface area contributed by atoms with E-state index < -0.39 is 69.6 Å². The number of benzene rings is 2. The quantitative estimate of drug-likeness (QED) is 0.0919. The summed E-state index contributed by atoms with van der Waals surface area (Å²) in [6, 6.07) is 9.34. The molecular formula is C31H34ClF2N7O6S. The molecule has 0 saturated heterocycles. The second-order valence-corrected chi connectivity index (χ2v) is 13.7. The number of pyridine rings is 1. The Morgan fingerprint density at radius 3 is 2.54 bits per heavy atom. The second-order valence-electron chi connectivity index (χ2n) is 11.3. The van der Waals surface area contributed by atoms with E-state index in [1.165, 1.54) is 31.3 Å². The summed E-state index contributed by atoms with van der Waals surface area (Å²) in [5.74, 6) is -3.22. The lowest BCUT2D eigenvalue weighted by atomic mass is 9.84. The Kier molecular flexibility index (Phi) is 12.7. The summed E-state index contributed by atoms with van der Waals surface area (Å²) in [7, 11) is -3.75. The zero-order valence-corrected chi connectivity index (χ0v) is 27.3. The first kappa shape index (κ1) is 36.5. The van der Waals surface area contributed by atoms with E-state index >= 15 is 4.39 Å². The summed E-state index contributed by atoms with van der Waals surface area (Å²) in [6.07, 6.45) is 1.14. The highest BCUT2D eigenvalue weighted by atomic mass is 35.5. The SMILES string of the molecule is C[C@@H](O)CNC(=O)OC[C@H](CCc1c(F)cncc1NC(=O)[C@@H](N=[N+]=[N-])[C@@H](c1ccc(Cl)cc1)c1cccc(F)c1)NS(=O)(=O)C1CC1. The molecule has 1 fully saturated rings. The number of carbonyl (C=O) groups excluding carboxylic acids is 2. The largest absolute Gasteiger partial charge is 0.448 e. The molecule has 0 spiro atoms. The van der Waals surface area contributed by atoms with E-state index in [2.05, 4.69) is 30.4 Å². The number of aromatic nitrogens is 1. The Morgan fingerprint density at radius 2 is 1.90 bits per heavy atom. The molecule has 1 aliphatic carbocycles. The summed E-state index contributed by atoms with van der Waals surface area (Å²) < 4.78 is 62.6. The molecule has 0 aliphatic heterocycles. The van der Waals surface area contributed by atoms with E-state index in [1.54, 1.807) is 30.3 Å². The molecule has 2 aromatic carbocycles. The number of rotatable bonds is 16. The standard InChI is InChI=1S/C31H34ClF2N7O6S/c1-18(42)14-37-31(44)47-17-23(40-48(45,46)24-10-11-24)9-12-25-26(34)15-36-16-27(25)38-30(43)29(39-41-35)28(19-5-7-21(32)8-6-19)20-3-2-4-22(33)13-20/h2-8,13,15-16,18,23-24,28-29,40,42H,9-12,14,17H2,1H3,(H,37,44)(H,38,43)/t18-,23+,28+,29+/m1/s1. The van der Waals surface area contributed by atoms with Crippen LogP contribution in [-0.4, -0.2) is 67.1 Å². The molecule has 48 heavy (non-hydrogen) atoms. The molecule has 0 unspecified atom stereocenters. The Bertz CT molecular complexity index is 1760. The van der Waals surface area contributed by atoms with Gasteiger partial charge in [0.05, 0.1) is 35.5 Å². The normalized spacial score (nSPS) is 15.4. The van der Waals surface area contributed by atoms with Crippen molar-refractivity contribution in [2.45, 2.75) is 62.0 Å². The second kappa shape index (κ2) is 16.7. The van der Waals surface area contributed by atoms with Crippen LogP contribution >= 0.6 is 11.6 Å². The number of nitrogens with one attached hydrogen (secondary N) is 3. The van der Waals surface area contributed by atoms with Gasteiger partial charge < -0.3 is 20.5 Å². The topological polar surface area (TPSA) is 195 Å². The first-order chi connectivity index (χ1) is 22.9. The van der Waals surface area contributed by atoms with Crippen molar-refractivity contribution in [1.82, 2.24) is 15.0 Å². The lowest BCUT2D eigenvalue weighted by Gasteiger charge is -2.25. The number of ether oxygens (including phenoxy) is 1. The van der Waals surface area contributed by atoms with E-state index in [-0.39, 0.29) is 30.6 Å². The van der Waals surface area contributed by atoms with Gasteiger partial charge in [0.25, 0.3) is 0 Å². The van der Waals surface area contributed by atoms with Gasteiger partial charge in [0.15, 0.2) is 0 Å². The smallest absolute Gasteiger partial charge is 0.407 e. The maximum Gasteiger partial charge on any atom is 0.407 e. The third-order valence-corrected chi connectivity index (χ3v) is 9.72. The van der Waals surface area contributed by atoms with Crippen molar-refractivity contribution in [3.63, 3.8) is 0 Å². The highest BCUT2D eigenvalue weighted by molar-refractivity contribution is 7.90. The Hall–Kier alpha value is -4.34. The zero-order chi connectivity index (χ0) is 34.8. The number of anilines is 1. The Labute approximate surface area is 280 Å². The number of amides is 2. The predicted octanol–water partition coefficient (Wildman–Crippen LogP) is 4.95. The van der Waals surface area contributed by atoms with Crippen LogP contribution in [0.4, 0.5) is 19.3 Å². The lowest BCUT2D eigenvalue weighted by molar-refractivity contribution is -0.117. The van der Waals surface area contributed by atoms with Gasteiger partial charge in [-0.1, -0.05) is 41.0 Å². The number of carbonyl (C=O) groups is 2. The van der Waals surface area contributed by atoms with Crippen molar-refractivity contribution >= 4 is 39.3 Å². The summed E-state index contributed by atoms with van der Waals surface area (Å²) in [4.78, 5) is 32.5. The van der Waals surface area contributed by atoms with Crippen LogP contribution in [0, 0.1) is 11.6 Å². The van der Waals surface area contributed by atoms with E-state index in [4.69, 9.17) is 16.3 Å². The molecule has 1 aliphatic rings. The number of aliphatic hydroxyl groups excluding tert-OH is 1. The van der Waals surface area contributed by atoms with Crippen LogP contribution in [-0.2, 0) is 26.0 Å². The molecular weight excluding hydrogens is 672 g/mol. The third kappa shape index (κ3) is 10.3. The summed E-state index contributed by atoms with van der Waals surface area (Å²) >= 11 is 6.06. The van der Waals surface area contributed by atoms with Gasteiger partial charge in [-0.2, -0.15) is 0 Å². The van der Waals surface area contributed by atoms with Crippen LogP contribution in [0.5, 0.6) is 0 Å². The number of sulfonamides is 1. The molecule has 4 N–H and O–H groups in total. The average Bonchev–Trinajstić information content (AvgIpc) is 3.90. The van der Waals surface area contributed by atoms with E-state index in [0.29, 0.717) is 29.0 Å².